The summed E-state index contributed by atoms with van der Waals surface area (Å²) in [6, 6.07) is 0. The molecule has 3 nitrogen and oxygen atoms in total. The number of amides is 1. The molecule has 1 aromatic rings. The Morgan fingerprint density at radius 2 is 1.72 bits per heavy atom. The lowest BCUT2D eigenvalue weighted by Gasteiger charge is -2.36. The summed E-state index contributed by atoms with van der Waals surface area (Å²) in [6.07, 6.45) is 13.9. The monoisotopic (exact) mass is 358 g/mol. The van der Waals surface area contributed by atoms with Gasteiger partial charge in [-0.05, 0) is 82.5 Å². The third-order valence-corrected chi connectivity index (χ3v) is 8.42. The highest BCUT2D eigenvalue weighted by Crippen LogP contribution is 2.45. The van der Waals surface area contributed by atoms with Crippen LogP contribution in [0.3, 0.4) is 0 Å². The summed E-state index contributed by atoms with van der Waals surface area (Å²) in [7, 11) is 0. The number of aromatic nitrogens is 1. The van der Waals surface area contributed by atoms with Crippen molar-refractivity contribution < 1.29 is 4.79 Å². The minimum absolute atomic E-state index is 0.315. The number of likely N-dealkylation sites (tertiary alicyclic amines) is 1. The summed E-state index contributed by atoms with van der Waals surface area (Å²) >= 11 is 1.94. The van der Waals surface area contributed by atoms with Crippen molar-refractivity contribution in [3.05, 3.63) is 15.6 Å². The van der Waals surface area contributed by atoms with Crippen LogP contribution < -0.4 is 0 Å². The zero-order valence-electron chi connectivity index (χ0n) is 15.2. The minimum atomic E-state index is 0.315. The zero-order chi connectivity index (χ0) is 16.8. The van der Waals surface area contributed by atoms with Gasteiger partial charge in [0.25, 0.3) is 0 Å². The predicted octanol–water partition coefficient (Wildman–Crippen LogP) is 4.55. The molecule has 0 N–H and O–H groups in total. The van der Waals surface area contributed by atoms with E-state index in [4.69, 9.17) is 4.98 Å². The molecule has 0 aromatic carbocycles. The van der Waals surface area contributed by atoms with Gasteiger partial charge in [-0.2, -0.15) is 0 Å². The number of piperidine rings is 1. The molecule has 4 heteroatoms. The normalized spacial score (nSPS) is 32.6. The Balaban J connectivity index is 1.21. The zero-order valence-corrected chi connectivity index (χ0v) is 16.0. The number of carbonyl (C=O) groups is 1. The molecule has 1 aromatic heterocycles. The van der Waals surface area contributed by atoms with Crippen LogP contribution in [0, 0.1) is 17.8 Å². The lowest BCUT2D eigenvalue weighted by Crippen LogP contribution is -2.43. The molecule has 2 saturated carbocycles. The lowest BCUT2D eigenvalue weighted by atomic mass is 9.79. The Bertz CT molecular complexity index is 621. The average molecular weight is 359 g/mol. The molecule has 5 rings (SSSR count). The topological polar surface area (TPSA) is 33.2 Å². The van der Waals surface area contributed by atoms with Crippen LogP contribution in [0.5, 0.6) is 0 Å². The summed E-state index contributed by atoms with van der Waals surface area (Å²) in [5, 5.41) is 1.32. The van der Waals surface area contributed by atoms with E-state index in [-0.39, 0.29) is 0 Å². The maximum absolute atomic E-state index is 13.1. The van der Waals surface area contributed by atoms with Gasteiger partial charge in [0.1, 0.15) is 0 Å². The van der Waals surface area contributed by atoms with Gasteiger partial charge < -0.3 is 4.90 Å². The van der Waals surface area contributed by atoms with Crippen molar-refractivity contribution >= 4 is 17.2 Å². The first-order chi connectivity index (χ1) is 12.3. The molecule has 1 aliphatic heterocycles. The molecule has 0 radical (unpaired) electrons. The fourth-order valence-corrected chi connectivity index (χ4v) is 6.71. The number of thiazole rings is 1. The molecule has 1 unspecified atom stereocenters. The second-order valence-corrected chi connectivity index (χ2v) is 9.96. The Morgan fingerprint density at radius 1 is 0.960 bits per heavy atom. The van der Waals surface area contributed by atoms with E-state index in [1.165, 1.54) is 66.9 Å². The van der Waals surface area contributed by atoms with E-state index in [1.807, 2.05) is 11.3 Å². The number of hydrogen-bond donors (Lipinski definition) is 0. The smallest absolute Gasteiger partial charge is 0.225 e. The molecule has 3 fully saturated rings. The highest BCUT2D eigenvalue weighted by molar-refractivity contribution is 7.11. The third-order valence-electron chi connectivity index (χ3n) is 7.10. The molecule has 1 atom stereocenters. The average Bonchev–Trinajstić information content (AvgIpc) is 3.28. The van der Waals surface area contributed by atoms with E-state index in [2.05, 4.69) is 4.90 Å². The van der Waals surface area contributed by atoms with Gasteiger partial charge in [0.15, 0.2) is 0 Å². The molecule has 25 heavy (non-hydrogen) atoms. The molecule has 0 bridgehead atoms. The van der Waals surface area contributed by atoms with Crippen molar-refractivity contribution in [2.75, 3.05) is 13.1 Å². The number of carbonyl (C=O) groups excluding carboxylic acids is 1. The van der Waals surface area contributed by atoms with Crippen molar-refractivity contribution in [3.8, 4) is 0 Å². The van der Waals surface area contributed by atoms with Gasteiger partial charge in [-0.3, -0.25) is 4.79 Å². The second kappa shape index (κ2) is 6.68. The van der Waals surface area contributed by atoms with E-state index in [9.17, 15) is 4.79 Å². The quantitative estimate of drug-likeness (QED) is 0.794. The first-order valence-electron chi connectivity index (χ1n) is 10.5. The first-order valence-corrected chi connectivity index (χ1v) is 11.4. The summed E-state index contributed by atoms with van der Waals surface area (Å²) in [5.74, 6) is 3.23. The standard InChI is InChI=1S/C21H30N2OS/c24-21(16-10-8-15(9-11-16)14-6-7-14)23-12-2-3-17(13-23)20-22-18-4-1-5-19(18)25-20/h14-17H,1-13H2. The van der Waals surface area contributed by atoms with Gasteiger partial charge in [-0.25, -0.2) is 4.98 Å². The van der Waals surface area contributed by atoms with E-state index in [1.54, 1.807) is 0 Å². The maximum Gasteiger partial charge on any atom is 0.225 e. The van der Waals surface area contributed by atoms with Crippen LogP contribution in [-0.4, -0.2) is 28.9 Å². The fraction of sp³-hybridized carbons (Fsp3) is 0.810. The first kappa shape index (κ1) is 16.3. The van der Waals surface area contributed by atoms with Gasteiger partial charge in [0.05, 0.1) is 10.7 Å². The summed E-state index contributed by atoms with van der Waals surface area (Å²) in [6.45, 7) is 1.90. The van der Waals surface area contributed by atoms with Gasteiger partial charge in [0, 0.05) is 29.8 Å². The highest BCUT2D eigenvalue weighted by Gasteiger charge is 2.37. The van der Waals surface area contributed by atoms with E-state index >= 15 is 0 Å². The van der Waals surface area contributed by atoms with Crippen LogP contribution in [-0.2, 0) is 17.6 Å². The molecule has 1 amide bonds. The lowest BCUT2D eigenvalue weighted by molar-refractivity contribution is -0.138. The van der Waals surface area contributed by atoms with Crippen LogP contribution in [0.4, 0.5) is 0 Å². The van der Waals surface area contributed by atoms with Crippen LogP contribution in [0.25, 0.3) is 0 Å². The molecular weight excluding hydrogens is 328 g/mol. The molecule has 0 spiro atoms. The van der Waals surface area contributed by atoms with Gasteiger partial charge in [0.2, 0.25) is 5.91 Å². The molecule has 136 valence electrons. The Hall–Kier alpha value is -0.900. The van der Waals surface area contributed by atoms with Crippen molar-refractivity contribution in [3.63, 3.8) is 0 Å². The van der Waals surface area contributed by atoms with Crippen molar-refractivity contribution in [1.82, 2.24) is 9.88 Å². The van der Waals surface area contributed by atoms with E-state index in [0.717, 1.165) is 44.2 Å². The van der Waals surface area contributed by atoms with E-state index in [0.29, 0.717) is 17.7 Å². The van der Waals surface area contributed by atoms with E-state index < -0.39 is 0 Å². The molecular formula is C21H30N2OS. The van der Waals surface area contributed by atoms with Crippen LogP contribution in [0.15, 0.2) is 0 Å². The third kappa shape index (κ3) is 3.27. The molecule has 2 heterocycles. The Kier molecular flexibility index (Phi) is 4.35. The van der Waals surface area contributed by atoms with Gasteiger partial charge >= 0.3 is 0 Å². The summed E-state index contributed by atoms with van der Waals surface area (Å²) in [5.41, 5.74) is 1.36. The Labute approximate surface area is 155 Å². The van der Waals surface area contributed by atoms with Gasteiger partial charge in [-0.15, -0.1) is 11.3 Å². The largest absolute Gasteiger partial charge is 0.342 e. The summed E-state index contributed by atoms with van der Waals surface area (Å²) in [4.78, 5) is 21.7. The van der Waals surface area contributed by atoms with Crippen LogP contribution in [0.1, 0.15) is 79.3 Å². The second-order valence-electron chi connectivity index (χ2n) is 8.85. The van der Waals surface area contributed by atoms with Crippen molar-refractivity contribution in [1.29, 1.82) is 0 Å². The number of nitrogens with zero attached hydrogens (tertiary/aromatic N) is 2. The fourth-order valence-electron chi connectivity index (χ4n) is 5.43. The van der Waals surface area contributed by atoms with Crippen molar-refractivity contribution in [2.45, 2.75) is 76.5 Å². The molecule has 3 aliphatic carbocycles. The minimum Gasteiger partial charge on any atom is -0.342 e. The highest BCUT2D eigenvalue weighted by atomic mass is 32.1. The summed E-state index contributed by atoms with van der Waals surface area (Å²) < 4.78 is 0. The SMILES string of the molecule is O=C(C1CCC(C2CC2)CC1)N1CCCC(c2nc3c(s2)CCC3)C1. The molecule has 1 saturated heterocycles. The predicted molar refractivity (Wildman–Crippen MR) is 101 cm³/mol. The number of rotatable bonds is 3. The number of hydrogen-bond acceptors (Lipinski definition) is 3. The van der Waals surface area contributed by atoms with Crippen molar-refractivity contribution in [2.24, 2.45) is 17.8 Å². The number of aryl methyl sites for hydroxylation is 2. The number of fused-ring (bicyclic) bond motifs is 1. The Morgan fingerprint density at radius 3 is 2.44 bits per heavy atom. The van der Waals surface area contributed by atoms with Crippen LogP contribution >= 0.6 is 11.3 Å². The maximum atomic E-state index is 13.1. The van der Waals surface area contributed by atoms with Crippen LogP contribution in [0.2, 0.25) is 0 Å². The molecule has 4 aliphatic rings. The van der Waals surface area contributed by atoms with Gasteiger partial charge in [-0.1, -0.05) is 0 Å².